The summed E-state index contributed by atoms with van der Waals surface area (Å²) in [5.41, 5.74) is 0. The normalized spacial score (nSPS) is 13.3. The molecule has 0 aromatic rings. The Balaban J connectivity index is 3.97. The van der Waals surface area contributed by atoms with Crippen molar-refractivity contribution in [1.29, 1.82) is 0 Å². The molecule has 0 aromatic carbocycles. The first-order valence-corrected chi connectivity index (χ1v) is 6.78. The van der Waals surface area contributed by atoms with Crippen molar-refractivity contribution in [2.75, 3.05) is 0 Å². The zero-order valence-electron chi connectivity index (χ0n) is 12.3. The van der Waals surface area contributed by atoms with Gasteiger partial charge in [-0.15, -0.1) is 0 Å². The van der Waals surface area contributed by atoms with E-state index in [4.69, 9.17) is 5.11 Å². The van der Waals surface area contributed by atoms with Crippen LogP contribution in [0.2, 0.25) is 0 Å². The molecule has 0 rings (SSSR count). The molecule has 0 spiro atoms. The van der Waals surface area contributed by atoms with Gasteiger partial charge in [0.25, 0.3) is 0 Å². The Morgan fingerprint density at radius 3 is 2.10 bits per heavy atom. The number of hydrogen-bond acceptors (Lipinski definition) is 4. The van der Waals surface area contributed by atoms with Crippen LogP contribution >= 0.6 is 0 Å². The number of amides is 1. The predicted molar refractivity (Wildman–Crippen MR) is 73.2 cm³/mol. The molecule has 0 heterocycles. The molecule has 20 heavy (non-hydrogen) atoms. The van der Waals surface area contributed by atoms with Crippen molar-refractivity contribution in [1.82, 2.24) is 5.32 Å². The Bertz CT molecular complexity index is 378. The summed E-state index contributed by atoms with van der Waals surface area (Å²) in [7, 11) is 0. The van der Waals surface area contributed by atoms with E-state index >= 15 is 0 Å². The SMILES string of the molecule is CC(=O)CCCCC(=O)N[C@@H](C)C(=O)C[C@@H](C)C(=O)O. The number of aliphatic carboxylic acids is 1. The van der Waals surface area contributed by atoms with Crippen LogP contribution in [0.1, 0.15) is 52.9 Å². The van der Waals surface area contributed by atoms with Gasteiger partial charge in [0.2, 0.25) is 5.91 Å². The standard InChI is InChI=1S/C14H23NO5/c1-9(14(19)20)8-12(17)11(3)15-13(18)7-5-4-6-10(2)16/h9,11H,4-8H2,1-3H3,(H,15,18)(H,19,20)/t9-,11+/m1/s1. The van der Waals surface area contributed by atoms with Gasteiger partial charge < -0.3 is 15.2 Å². The molecule has 0 aliphatic rings. The van der Waals surface area contributed by atoms with Crippen molar-refractivity contribution in [2.24, 2.45) is 5.92 Å². The lowest BCUT2D eigenvalue weighted by Crippen LogP contribution is -2.39. The van der Waals surface area contributed by atoms with E-state index < -0.39 is 17.9 Å². The molecule has 0 saturated carbocycles. The molecule has 6 heteroatoms. The Hall–Kier alpha value is -1.72. The molecule has 0 aromatic heterocycles. The topological polar surface area (TPSA) is 101 Å². The van der Waals surface area contributed by atoms with Gasteiger partial charge in [-0.3, -0.25) is 14.4 Å². The molecular weight excluding hydrogens is 262 g/mol. The molecule has 0 aliphatic heterocycles. The highest BCUT2D eigenvalue weighted by molar-refractivity contribution is 5.90. The summed E-state index contributed by atoms with van der Waals surface area (Å²) in [5, 5.41) is 11.3. The summed E-state index contributed by atoms with van der Waals surface area (Å²) < 4.78 is 0. The zero-order chi connectivity index (χ0) is 15.7. The minimum Gasteiger partial charge on any atom is -0.481 e. The fourth-order valence-corrected chi connectivity index (χ4v) is 1.62. The summed E-state index contributed by atoms with van der Waals surface area (Å²) in [5.74, 6) is -2.23. The number of carboxylic acid groups (broad SMARTS) is 1. The molecule has 1 amide bonds. The predicted octanol–water partition coefficient (Wildman–Crippen LogP) is 1.32. The Morgan fingerprint density at radius 1 is 1.05 bits per heavy atom. The van der Waals surface area contributed by atoms with Crippen molar-refractivity contribution in [3.63, 3.8) is 0 Å². The maximum Gasteiger partial charge on any atom is 0.306 e. The van der Waals surface area contributed by atoms with Crippen molar-refractivity contribution >= 4 is 23.4 Å². The van der Waals surface area contributed by atoms with Gasteiger partial charge in [0.1, 0.15) is 5.78 Å². The van der Waals surface area contributed by atoms with Gasteiger partial charge in [-0.25, -0.2) is 0 Å². The van der Waals surface area contributed by atoms with Gasteiger partial charge in [0.15, 0.2) is 5.78 Å². The summed E-state index contributed by atoms with van der Waals surface area (Å²) >= 11 is 0. The van der Waals surface area contributed by atoms with Gasteiger partial charge in [0, 0.05) is 19.3 Å². The largest absolute Gasteiger partial charge is 0.481 e. The van der Waals surface area contributed by atoms with E-state index in [2.05, 4.69) is 5.32 Å². The lowest BCUT2D eigenvalue weighted by molar-refractivity contribution is -0.143. The number of carbonyl (C=O) groups excluding carboxylic acids is 3. The molecular formula is C14H23NO5. The lowest BCUT2D eigenvalue weighted by Gasteiger charge is -2.14. The third-order valence-corrected chi connectivity index (χ3v) is 2.97. The van der Waals surface area contributed by atoms with Crippen LogP contribution in [0, 0.1) is 5.92 Å². The Morgan fingerprint density at radius 2 is 1.60 bits per heavy atom. The zero-order valence-corrected chi connectivity index (χ0v) is 12.3. The Kier molecular flexibility index (Phi) is 8.43. The van der Waals surface area contributed by atoms with Gasteiger partial charge in [0.05, 0.1) is 12.0 Å². The number of hydrogen-bond donors (Lipinski definition) is 2. The number of carboxylic acids is 1. The smallest absolute Gasteiger partial charge is 0.306 e. The van der Waals surface area contributed by atoms with E-state index in [1.54, 1.807) is 6.92 Å². The van der Waals surface area contributed by atoms with E-state index in [0.717, 1.165) is 0 Å². The number of rotatable bonds is 10. The molecule has 0 unspecified atom stereocenters. The fourth-order valence-electron chi connectivity index (χ4n) is 1.62. The van der Waals surface area contributed by atoms with Crippen LogP contribution in [0.5, 0.6) is 0 Å². The number of nitrogens with one attached hydrogen (secondary N) is 1. The maximum atomic E-state index is 11.7. The number of carbonyl (C=O) groups is 4. The van der Waals surface area contributed by atoms with Crippen LogP contribution in [0.3, 0.4) is 0 Å². The lowest BCUT2D eigenvalue weighted by atomic mass is 10.0. The number of ketones is 2. The molecule has 0 saturated heterocycles. The average molecular weight is 285 g/mol. The molecule has 6 nitrogen and oxygen atoms in total. The first-order chi connectivity index (χ1) is 9.23. The highest BCUT2D eigenvalue weighted by Gasteiger charge is 2.21. The fraction of sp³-hybridized carbons (Fsp3) is 0.714. The van der Waals surface area contributed by atoms with Crippen LogP contribution in [0.15, 0.2) is 0 Å². The van der Waals surface area contributed by atoms with E-state index in [0.29, 0.717) is 19.3 Å². The average Bonchev–Trinajstić information content (AvgIpc) is 2.33. The highest BCUT2D eigenvalue weighted by Crippen LogP contribution is 2.06. The maximum absolute atomic E-state index is 11.7. The molecule has 2 atom stereocenters. The third-order valence-electron chi connectivity index (χ3n) is 2.97. The van der Waals surface area contributed by atoms with Crippen molar-refractivity contribution in [3.8, 4) is 0 Å². The van der Waals surface area contributed by atoms with Gasteiger partial charge in [-0.2, -0.15) is 0 Å². The van der Waals surface area contributed by atoms with Crippen LogP contribution in [-0.2, 0) is 19.2 Å². The molecule has 0 aliphatic carbocycles. The summed E-state index contributed by atoms with van der Waals surface area (Å²) in [6, 6.07) is -0.683. The van der Waals surface area contributed by atoms with E-state index in [1.807, 2.05) is 0 Å². The van der Waals surface area contributed by atoms with Crippen LogP contribution in [0.4, 0.5) is 0 Å². The molecule has 114 valence electrons. The van der Waals surface area contributed by atoms with E-state index in [-0.39, 0.29) is 30.3 Å². The van der Waals surface area contributed by atoms with Crippen LogP contribution in [-0.4, -0.2) is 34.6 Å². The summed E-state index contributed by atoms with van der Waals surface area (Å²) in [4.78, 5) is 44.6. The van der Waals surface area contributed by atoms with Gasteiger partial charge >= 0.3 is 5.97 Å². The first kappa shape index (κ1) is 18.3. The molecule has 0 fully saturated rings. The second-order valence-electron chi connectivity index (χ2n) is 5.11. The highest BCUT2D eigenvalue weighted by atomic mass is 16.4. The van der Waals surface area contributed by atoms with Crippen molar-refractivity contribution < 1.29 is 24.3 Å². The van der Waals surface area contributed by atoms with Crippen molar-refractivity contribution in [3.05, 3.63) is 0 Å². The quantitative estimate of drug-likeness (QED) is 0.590. The van der Waals surface area contributed by atoms with Crippen LogP contribution in [0.25, 0.3) is 0 Å². The van der Waals surface area contributed by atoms with Gasteiger partial charge in [-0.05, 0) is 26.7 Å². The van der Waals surface area contributed by atoms with Gasteiger partial charge in [-0.1, -0.05) is 6.92 Å². The number of unbranched alkanes of at least 4 members (excludes halogenated alkanes) is 1. The molecule has 2 N–H and O–H groups in total. The second kappa shape index (κ2) is 9.23. The second-order valence-corrected chi connectivity index (χ2v) is 5.11. The van der Waals surface area contributed by atoms with Crippen molar-refractivity contribution in [2.45, 2.75) is 58.9 Å². The number of Topliss-reactive ketones (excluding diaryl/α,β-unsaturated/α-hetero) is 2. The molecule has 0 radical (unpaired) electrons. The first-order valence-electron chi connectivity index (χ1n) is 6.78. The third kappa shape index (κ3) is 8.39. The minimum absolute atomic E-state index is 0.0941. The molecule has 0 bridgehead atoms. The van der Waals surface area contributed by atoms with E-state index in [9.17, 15) is 19.2 Å². The minimum atomic E-state index is -1.03. The summed E-state index contributed by atoms with van der Waals surface area (Å²) in [6.07, 6.45) is 1.87. The van der Waals surface area contributed by atoms with Crippen LogP contribution < -0.4 is 5.32 Å². The summed E-state index contributed by atoms with van der Waals surface area (Å²) in [6.45, 7) is 4.51. The monoisotopic (exact) mass is 285 g/mol. The van der Waals surface area contributed by atoms with E-state index in [1.165, 1.54) is 13.8 Å². The Labute approximate surface area is 118 Å².